The molecule has 3 aromatic heterocycles. The topological polar surface area (TPSA) is 135 Å². The number of nitrogens with zero attached hydrogens (tertiary/aromatic N) is 3. The number of hydrogen-bond donors (Lipinski definition) is 1. The molecule has 0 amide bonds. The number of carboxylic acids is 1. The van der Waals surface area contributed by atoms with E-state index in [1.165, 1.54) is 42.2 Å². The molecule has 0 saturated carbocycles. The van der Waals surface area contributed by atoms with Crippen molar-refractivity contribution in [1.29, 1.82) is 0 Å². The van der Waals surface area contributed by atoms with Gasteiger partial charge in [-0.2, -0.15) is 0 Å². The number of hydrogen-bond acceptors (Lipinski definition) is 9. The van der Waals surface area contributed by atoms with Gasteiger partial charge in [0.25, 0.3) is 5.56 Å². The molecule has 11 nitrogen and oxygen atoms in total. The predicted molar refractivity (Wildman–Crippen MR) is 153 cm³/mol. The number of methoxy groups -OCH3 is 1. The summed E-state index contributed by atoms with van der Waals surface area (Å²) in [4.78, 5) is 45.4. The molecule has 41 heavy (non-hydrogen) atoms. The first kappa shape index (κ1) is 28.8. The van der Waals surface area contributed by atoms with Gasteiger partial charge in [-0.1, -0.05) is 18.2 Å². The molecule has 4 aromatic rings. The average Bonchev–Trinajstić information content (AvgIpc) is 3.61. The summed E-state index contributed by atoms with van der Waals surface area (Å²) in [6.45, 7) is 6.21. The van der Waals surface area contributed by atoms with Crippen molar-refractivity contribution < 1.29 is 28.5 Å². The van der Waals surface area contributed by atoms with Gasteiger partial charge in [0.2, 0.25) is 5.89 Å². The summed E-state index contributed by atoms with van der Waals surface area (Å²) in [7, 11) is 1.57. The van der Waals surface area contributed by atoms with Gasteiger partial charge in [-0.05, 0) is 51.2 Å². The zero-order valence-corrected chi connectivity index (χ0v) is 24.2. The van der Waals surface area contributed by atoms with E-state index in [0.717, 1.165) is 23.0 Å². The van der Waals surface area contributed by atoms with Crippen LogP contribution in [0.2, 0.25) is 0 Å². The van der Waals surface area contributed by atoms with Crippen LogP contribution in [0.3, 0.4) is 0 Å². The number of carbonyl (C=O) groups is 1. The molecule has 0 bridgehead atoms. The van der Waals surface area contributed by atoms with E-state index in [0.29, 0.717) is 52.6 Å². The number of carboxylic acid groups (broad SMARTS) is 1. The van der Waals surface area contributed by atoms with E-state index in [1.54, 1.807) is 14.0 Å². The highest BCUT2D eigenvalue weighted by atomic mass is 32.1. The molecular formula is C29H33N3O8S. The Hall–Kier alpha value is -3.74. The predicted octanol–water partition coefficient (Wildman–Crippen LogP) is 4.20. The van der Waals surface area contributed by atoms with E-state index in [2.05, 4.69) is 4.98 Å². The van der Waals surface area contributed by atoms with E-state index < -0.39 is 28.9 Å². The Morgan fingerprint density at radius 2 is 1.98 bits per heavy atom. The van der Waals surface area contributed by atoms with Gasteiger partial charge in [-0.3, -0.25) is 9.36 Å². The van der Waals surface area contributed by atoms with Crippen molar-refractivity contribution in [3.8, 4) is 16.5 Å². The maximum absolute atomic E-state index is 14.1. The van der Waals surface area contributed by atoms with Crippen LogP contribution < -0.4 is 16.0 Å². The number of aliphatic carboxylic acids is 1. The molecule has 218 valence electrons. The lowest BCUT2D eigenvalue weighted by atomic mass is 10.0. The quantitative estimate of drug-likeness (QED) is 0.291. The summed E-state index contributed by atoms with van der Waals surface area (Å²) in [6, 6.07) is 7.42. The molecule has 0 unspecified atom stereocenters. The van der Waals surface area contributed by atoms with Crippen LogP contribution in [0.5, 0.6) is 5.75 Å². The van der Waals surface area contributed by atoms with Gasteiger partial charge in [0.1, 0.15) is 28.5 Å². The Morgan fingerprint density at radius 1 is 1.24 bits per heavy atom. The Bertz CT molecular complexity index is 1660. The van der Waals surface area contributed by atoms with Gasteiger partial charge in [0, 0.05) is 18.8 Å². The van der Waals surface area contributed by atoms with E-state index >= 15 is 0 Å². The molecule has 1 atom stereocenters. The molecule has 0 radical (unpaired) electrons. The van der Waals surface area contributed by atoms with Gasteiger partial charge in [-0.15, -0.1) is 11.3 Å². The minimum absolute atomic E-state index is 0.0138. The molecule has 1 saturated heterocycles. The first-order valence-electron chi connectivity index (χ1n) is 13.4. The summed E-state index contributed by atoms with van der Waals surface area (Å²) in [6.07, 6.45) is 4.02. The number of para-hydroxylation sites is 1. The Kier molecular flexibility index (Phi) is 8.16. The molecule has 1 aliphatic heterocycles. The summed E-state index contributed by atoms with van der Waals surface area (Å²) in [5.74, 6) is -0.113. The molecular weight excluding hydrogens is 550 g/mol. The number of fused-ring (bicyclic) bond motifs is 1. The highest BCUT2D eigenvalue weighted by Crippen LogP contribution is 2.37. The molecule has 4 heterocycles. The van der Waals surface area contributed by atoms with Gasteiger partial charge in [-0.25, -0.2) is 19.1 Å². The minimum atomic E-state index is -1.82. The number of thiophene rings is 1. The fraction of sp³-hybridized carbons (Fsp3) is 0.448. The number of rotatable bonds is 10. The Labute approximate surface area is 239 Å². The summed E-state index contributed by atoms with van der Waals surface area (Å²) in [5, 5.41) is 10.2. The number of aryl methyl sites for hydroxylation is 1. The largest absolute Gasteiger partial charge is 0.496 e. The summed E-state index contributed by atoms with van der Waals surface area (Å²) in [5.41, 5.74) is -1.96. The standard InChI is InChI=1S/C29H33N3O8S/c1-17-22-25(33)32(29(2,3)27(34)35)28(36)31(26(22)41-23(17)24-30-11-14-39-24)15-21(19-7-5-6-8-20(19)37-4)40-16-18-9-12-38-13-10-18/h5-8,11,14,18,21H,9-10,12-13,15-16H2,1-4H3,(H,34,35)/t21-/m0/s1. The Morgan fingerprint density at radius 3 is 2.63 bits per heavy atom. The normalized spacial score (nSPS) is 15.3. The third kappa shape index (κ3) is 5.34. The molecule has 1 N–H and O–H groups in total. The third-order valence-electron chi connectivity index (χ3n) is 7.63. The van der Waals surface area contributed by atoms with Crippen LogP contribution in [0, 0.1) is 12.8 Å². The molecule has 0 spiro atoms. The molecule has 0 aliphatic carbocycles. The number of aromatic nitrogens is 3. The first-order chi connectivity index (χ1) is 19.6. The van der Waals surface area contributed by atoms with E-state index in [9.17, 15) is 19.5 Å². The van der Waals surface area contributed by atoms with Crippen molar-refractivity contribution in [2.24, 2.45) is 5.92 Å². The number of oxazole rings is 1. The monoisotopic (exact) mass is 583 g/mol. The zero-order chi connectivity index (χ0) is 29.3. The van der Waals surface area contributed by atoms with Crippen LogP contribution in [-0.4, -0.2) is 52.1 Å². The van der Waals surface area contributed by atoms with E-state index in [-0.39, 0.29) is 11.9 Å². The lowest BCUT2D eigenvalue weighted by molar-refractivity contribution is -0.146. The lowest BCUT2D eigenvalue weighted by Crippen LogP contribution is -2.52. The van der Waals surface area contributed by atoms with E-state index in [1.807, 2.05) is 24.3 Å². The molecule has 1 fully saturated rings. The molecule has 1 aromatic carbocycles. The maximum atomic E-state index is 14.1. The van der Waals surface area contributed by atoms with Crippen molar-refractivity contribution in [3.63, 3.8) is 0 Å². The van der Waals surface area contributed by atoms with Crippen LogP contribution in [0.4, 0.5) is 0 Å². The maximum Gasteiger partial charge on any atom is 0.333 e. The summed E-state index contributed by atoms with van der Waals surface area (Å²) >= 11 is 1.20. The fourth-order valence-corrected chi connectivity index (χ4v) is 6.38. The van der Waals surface area contributed by atoms with Gasteiger partial charge >= 0.3 is 11.7 Å². The van der Waals surface area contributed by atoms with Gasteiger partial charge in [0.15, 0.2) is 0 Å². The highest BCUT2D eigenvalue weighted by Gasteiger charge is 2.36. The highest BCUT2D eigenvalue weighted by molar-refractivity contribution is 7.22. The number of benzene rings is 1. The van der Waals surface area contributed by atoms with Crippen molar-refractivity contribution in [2.45, 2.75) is 51.8 Å². The molecule has 1 aliphatic rings. The smallest absolute Gasteiger partial charge is 0.333 e. The van der Waals surface area contributed by atoms with Gasteiger partial charge in [0.05, 0.1) is 36.7 Å². The zero-order valence-electron chi connectivity index (χ0n) is 23.4. The van der Waals surface area contributed by atoms with Crippen molar-refractivity contribution >= 4 is 27.5 Å². The van der Waals surface area contributed by atoms with Crippen LogP contribution in [-0.2, 0) is 26.4 Å². The van der Waals surface area contributed by atoms with Crippen LogP contribution in [0.15, 0.2) is 50.7 Å². The minimum Gasteiger partial charge on any atom is -0.496 e. The van der Waals surface area contributed by atoms with Crippen molar-refractivity contribution in [3.05, 3.63) is 68.7 Å². The number of ether oxygens (including phenoxy) is 3. The summed E-state index contributed by atoms with van der Waals surface area (Å²) < 4.78 is 25.4. The average molecular weight is 584 g/mol. The first-order valence-corrected chi connectivity index (χ1v) is 14.2. The van der Waals surface area contributed by atoms with Crippen LogP contribution >= 0.6 is 11.3 Å². The SMILES string of the molecule is COc1ccccc1[C@H](Cn1c(=O)n(C(C)(C)C(=O)O)c(=O)c2c(C)c(-c3ncco3)sc21)OCC1CCOCC1. The molecule has 5 rings (SSSR count). The van der Waals surface area contributed by atoms with Gasteiger partial charge < -0.3 is 23.7 Å². The van der Waals surface area contributed by atoms with Crippen molar-refractivity contribution in [1.82, 2.24) is 14.1 Å². The second kappa shape index (κ2) is 11.6. The fourth-order valence-electron chi connectivity index (χ4n) is 5.14. The van der Waals surface area contributed by atoms with E-state index in [4.69, 9.17) is 18.6 Å². The second-order valence-corrected chi connectivity index (χ2v) is 11.6. The lowest BCUT2D eigenvalue weighted by Gasteiger charge is -2.28. The second-order valence-electron chi connectivity index (χ2n) is 10.6. The molecule has 12 heteroatoms. The Balaban J connectivity index is 1.71. The third-order valence-corrected chi connectivity index (χ3v) is 8.93. The van der Waals surface area contributed by atoms with Crippen LogP contribution in [0.1, 0.15) is 43.9 Å². The van der Waals surface area contributed by atoms with Crippen LogP contribution in [0.25, 0.3) is 21.0 Å². The van der Waals surface area contributed by atoms with Crippen molar-refractivity contribution in [2.75, 3.05) is 26.9 Å².